The van der Waals surface area contributed by atoms with Gasteiger partial charge < -0.3 is 15.1 Å². The molecule has 0 bridgehead atoms. The van der Waals surface area contributed by atoms with Crippen molar-refractivity contribution in [3.05, 3.63) is 71.8 Å². The molecule has 1 aliphatic heterocycles. The molecule has 0 radical (unpaired) electrons. The number of carbonyl (C=O) groups excluding carboxylic acids is 3. The van der Waals surface area contributed by atoms with Gasteiger partial charge in [0.1, 0.15) is 6.04 Å². The van der Waals surface area contributed by atoms with Gasteiger partial charge in [-0.3, -0.25) is 19.3 Å². The smallest absolute Gasteiger partial charge is 0.251 e. The zero-order chi connectivity index (χ0) is 23.6. The number of piperazine rings is 1. The van der Waals surface area contributed by atoms with Gasteiger partial charge in [-0.05, 0) is 31.5 Å². The van der Waals surface area contributed by atoms with Crippen LogP contribution in [-0.4, -0.2) is 84.3 Å². The molecule has 1 unspecified atom stereocenters. The molecule has 3 amide bonds. The fourth-order valence-electron chi connectivity index (χ4n) is 4.10. The molecule has 7 heteroatoms. The maximum atomic E-state index is 13.4. The van der Waals surface area contributed by atoms with Gasteiger partial charge in [0.2, 0.25) is 11.8 Å². The van der Waals surface area contributed by atoms with Gasteiger partial charge in [-0.2, -0.15) is 0 Å². The van der Waals surface area contributed by atoms with E-state index in [9.17, 15) is 14.4 Å². The highest BCUT2D eigenvalue weighted by Gasteiger charge is 2.30. The molecule has 1 aliphatic rings. The molecule has 1 N–H and O–H groups in total. The molecule has 0 aliphatic carbocycles. The summed E-state index contributed by atoms with van der Waals surface area (Å²) in [6.45, 7) is 8.11. The highest BCUT2D eigenvalue weighted by atomic mass is 16.2. The van der Waals surface area contributed by atoms with Crippen molar-refractivity contribution in [1.29, 1.82) is 0 Å². The van der Waals surface area contributed by atoms with Crippen LogP contribution < -0.4 is 5.32 Å². The van der Waals surface area contributed by atoms with E-state index in [1.807, 2.05) is 67.3 Å². The predicted octanol–water partition coefficient (Wildman–Crippen LogP) is 2.04. The zero-order valence-corrected chi connectivity index (χ0v) is 19.6. The fraction of sp³-hybridized carbons (Fsp3) is 0.423. The van der Waals surface area contributed by atoms with E-state index in [0.29, 0.717) is 57.8 Å². The first kappa shape index (κ1) is 24.5. The largest absolute Gasteiger partial charge is 0.342 e. The van der Waals surface area contributed by atoms with E-state index in [1.165, 1.54) is 0 Å². The van der Waals surface area contributed by atoms with Crippen LogP contribution in [0.2, 0.25) is 0 Å². The average Bonchev–Trinajstić information content (AvgIpc) is 2.85. The molecule has 33 heavy (non-hydrogen) atoms. The second-order valence-corrected chi connectivity index (χ2v) is 8.25. The molecule has 2 aromatic rings. The van der Waals surface area contributed by atoms with Gasteiger partial charge >= 0.3 is 0 Å². The first-order chi connectivity index (χ1) is 16.0. The first-order valence-electron chi connectivity index (χ1n) is 11.7. The zero-order valence-electron chi connectivity index (χ0n) is 19.6. The number of amides is 3. The summed E-state index contributed by atoms with van der Waals surface area (Å²) >= 11 is 0. The molecule has 1 heterocycles. The molecule has 1 atom stereocenters. The van der Waals surface area contributed by atoms with Crippen LogP contribution in [0.3, 0.4) is 0 Å². The highest BCUT2D eigenvalue weighted by molar-refractivity contribution is 5.97. The third-order valence-electron chi connectivity index (χ3n) is 6.08. The summed E-state index contributed by atoms with van der Waals surface area (Å²) in [6.07, 6.45) is 0.429. The van der Waals surface area contributed by atoms with Crippen LogP contribution in [0.15, 0.2) is 60.7 Å². The van der Waals surface area contributed by atoms with Crippen molar-refractivity contribution in [1.82, 2.24) is 20.0 Å². The Morgan fingerprint density at radius 3 is 2.03 bits per heavy atom. The van der Waals surface area contributed by atoms with Gasteiger partial charge in [0.05, 0.1) is 6.54 Å². The molecule has 0 aromatic heterocycles. The summed E-state index contributed by atoms with van der Waals surface area (Å²) in [7, 11) is 0. The van der Waals surface area contributed by atoms with Crippen molar-refractivity contribution in [2.45, 2.75) is 26.3 Å². The quantitative estimate of drug-likeness (QED) is 0.635. The Morgan fingerprint density at radius 1 is 0.879 bits per heavy atom. The molecule has 1 saturated heterocycles. The lowest BCUT2D eigenvalue weighted by atomic mass is 10.0. The van der Waals surface area contributed by atoms with E-state index >= 15 is 0 Å². The van der Waals surface area contributed by atoms with Crippen molar-refractivity contribution in [2.24, 2.45) is 0 Å². The Bertz CT molecular complexity index is 908. The van der Waals surface area contributed by atoms with Crippen LogP contribution in [0.1, 0.15) is 29.8 Å². The van der Waals surface area contributed by atoms with Gasteiger partial charge in [-0.15, -0.1) is 0 Å². The molecule has 1 fully saturated rings. The van der Waals surface area contributed by atoms with Crippen molar-refractivity contribution in [3.63, 3.8) is 0 Å². The Balaban J connectivity index is 1.63. The molecule has 7 nitrogen and oxygen atoms in total. The standard InChI is InChI=1S/C26H34N4O3/c1-3-29(4-2)24(31)20-28-15-17-30(18-16-28)26(33)23(19-21-11-7-5-8-12-21)27-25(32)22-13-9-6-10-14-22/h5-14,23H,3-4,15-20H2,1-2H3,(H,27,32). The topological polar surface area (TPSA) is 73.0 Å². The lowest BCUT2D eigenvalue weighted by molar-refractivity contribution is -0.136. The summed E-state index contributed by atoms with van der Waals surface area (Å²) in [4.78, 5) is 44.3. The van der Waals surface area contributed by atoms with Crippen molar-refractivity contribution >= 4 is 17.7 Å². The van der Waals surface area contributed by atoms with Crippen LogP contribution in [0.5, 0.6) is 0 Å². The number of rotatable bonds is 9. The van der Waals surface area contributed by atoms with E-state index in [-0.39, 0.29) is 17.7 Å². The third kappa shape index (κ3) is 6.89. The summed E-state index contributed by atoms with van der Waals surface area (Å²) in [5.41, 5.74) is 1.52. The van der Waals surface area contributed by atoms with Gasteiger partial charge in [0.25, 0.3) is 5.91 Å². The summed E-state index contributed by atoms with van der Waals surface area (Å²) in [6, 6.07) is 18.0. The molecule has 0 saturated carbocycles. The van der Waals surface area contributed by atoms with E-state index in [2.05, 4.69) is 10.2 Å². The average molecular weight is 451 g/mol. The molecule has 3 rings (SSSR count). The van der Waals surface area contributed by atoms with E-state index in [0.717, 1.165) is 5.56 Å². The fourth-order valence-corrected chi connectivity index (χ4v) is 4.10. The minimum atomic E-state index is -0.649. The van der Waals surface area contributed by atoms with Gasteiger partial charge in [-0.1, -0.05) is 48.5 Å². The lowest BCUT2D eigenvalue weighted by Crippen LogP contribution is -2.56. The van der Waals surface area contributed by atoms with Crippen LogP contribution in [0, 0.1) is 0 Å². The number of hydrogen-bond acceptors (Lipinski definition) is 4. The van der Waals surface area contributed by atoms with Crippen LogP contribution in [0.4, 0.5) is 0 Å². The normalized spacial score (nSPS) is 15.0. The minimum Gasteiger partial charge on any atom is -0.342 e. The van der Waals surface area contributed by atoms with E-state index in [4.69, 9.17) is 0 Å². The summed E-state index contributed by atoms with van der Waals surface area (Å²) in [5, 5.41) is 2.95. The summed E-state index contributed by atoms with van der Waals surface area (Å²) < 4.78 is 0. The molecule has 2 aromatic carbocycles. The lowest BCUT2D eigenvalue weighted by Gasteiger charge is -2.37. The van der Waals surface area contributed by atoms with Crippen LogP contribution >= 0.6 is 0 Å². The third-order valence-corrected chi connectivity index (χ3v) is 6.08. The second kappa shape index (κ2) is 12.2. The van der Waals surface area contributed by atoms with Gasteiger partial charge in [-0.25, -0.2) is 0 Å². The van der Waals surface area contributed by atoms with Gasteiger partial charge in [0.15, 0.2) is 0 Å². The number of nitrogens with one attached hydrogen (secondary N) is 1. The number of carbonyl (C=O) groups is 3. The summed E-state index contributed by atoms with van der Waals surface area (Å²) in [5.74, 6) is -0.219. The minimum absolute atomic E-state index is 0.0853. The maximum Gasteiger partial charge on any atom is 0.251 e. The van der Waals surface area contributed by atoms with Crippen LogP contribution in [-0.2, 0) is 16.0 Å². The van der Waals surface area contributed by atoms with Gasteiger partial charge in [0, 0.05) is 51.3 Å². The monoisotopic (exact) mass is 450 g/mol. The predicted molar refractivity (Wildman–Crippen MR) is 129 cm³/mol. The Morgan fingerprint density at radius 2 is 1.45 bits per heavy atom. The number of hydrogen-bond donors (Lipinski definition) is 1. The maximum absolute atomic E-state index is 13.4. The first-order valence-corrected chi connectivity index (χ1v) is 11.7. The number of nitrogens with zero attached hydrogens (tertiary/aromatic N) is 3. The second-order valence-electron chi connectivity index (χ2n) is 8.25. The SMILES string of the molecule is CCN(CC)C(=O)CN1CCN(C(=O)C(Cc2ccccc2)NC(=O)c2ccccc2)CC1. The molecular formula is C26H34N4O3. The highest BCUT2D eigenvalue weighted by Crippen LogP contribution is 2.11. The molecule has 176 valence electrons. The van der Waals surface area contributed by atoms with E-state index in [1.54, 1.807) is 17.0 Å². The molecule has 0 spiro atoms. The Kier molecular flexibility index (Phi) is 9.01. The van der Waals surface area contributed by atoms with Crippen molar-refractivity contribution in [3.8, 4) is 0 Å². The number of benzene rings is 2. The van der Waals surface area contributed by atoms with Crippen LogP contribution in [0.25, 0.3) is 0 Å². The Labute approximate surface area is 196 Å². The Hall–Kier alpha value is -3.19. The molecular weight excluding hydrogens is 416 g/mol. The van der Waals surface area contributed by atoms with Crippen molar-refractivity contribution < 1.29 is 14.4 Å². The van der Waals surface area contributed by atoms with Crippen molar-refractivity contribution in [2.75, 3.05) is 45.8 Å². The van der Waals surface area contributed by atoms with E-state index < -0.39 is 6.04 Å². The number of likely N-dealkylation sites (N-methyl/N-ethyl adjacent to an activating group) is 1.